The molecule has 0 bridgehead atoms. The Bertz CT molecular complexity index is 648. The van der Waals surface area contributed by atoms with Crippen LogP contribution >= 0.6 is 34.8 Å². The Morgan fingerprint density at radius 1 is 0.920 bits per heavy atom. The van der Waals surface area contributed by atoms with E-state index in [0.717, 1.165) is 12.8 Å². The van der Waals surface area contributed by atoms with Gasteiger partial charge in [0.25, 0.3) is 10.5 Å². The maximum absolute atomic E-state index is 12.1. The number of nitrogens with one attached hydrogen (secondary N) is 1. The normalized spacial score (nSPS) is 10.6. The molecule has 1 rings (SSSR count). The summed E-state index contributed by atoms with van der Waals surface area (Å²) in [5.74, 6) is 0.142. The fourth-order valence-corrected chi connectivity index (χ4v) is 3.39. The van der Waals surface area contributed by atoms with Crippen LogP contribution in [0.25, 0.3) is 0 Å². The predicted molar refractivity (Wildman–Crippen MR) is 100 cm³/mol. The minimum atomic E-state index is -0.720. The summed E-state index contributed by atoms with van der Waals surface area (Å²) in [5, 5.41) is 1.23. The maximum atomic E-state index is 12.1. The van der Waals surface area contributed by atoms with E-state index in [1.54, 1.807) is 20.8 Å². The molecule has 1 aromatic rings. The molecular weight excluding hydrogens is 389 g/mol. The molecule has 1 aromatic carbocycles. The molecule has 138 valence electrons. The van der Waals surface area contributed by atoms with Crippen LogP contribution < -0.4 is 5.32 Å². The lowest BCUT2D eigenvalue weighted by Crippen LogP contribution is -2.22. The quantitative estimate of drug-likeness (QED) is 0.375. The number of unbranched alkanes of at least 4 members (excludes halogenated alkanes) is 1. The second-order valence-electron chi connectivity index (χ2n) is 5.54. The highest BCUT2D eigenvalue weighted by Gasteiger charge is 2.24. The summed E-state index contributed by atoms with van der Waals surface area (Å²) in [6.07, 6.45) is 1.57. The molecule has 8 heteroatoms. The lowest BCUT2D eigenvalue weighted by molar-refractivity contribution is -0.120. The fourth-order valence-electron chi connectivity index (χ4n) is 2.63. The number of halogens is 3. The molecular formula is C17H20Cl3NO4. The second kappa shape index (κ2) is 10.1. The van der Waals surface area contributed by atoms with E-state index in [9.17, 15) is 14.4 Å². The van der Waals surface area contributed by atoms with E-state index in [2.05, 4.69) is 5.32 Å². The number of hydrogen-bond acceptors (Lipinski definition) is 4. The number of alkyl halides is 1. The van der Waals surface area contributed by atoms with E-state index in [0.29, 0.717) is 34.9 Å². The highest BCUT2D eigenvalue weighted by molar-refractivity contribution is 6.69. The molecule has 0 unspecified atom stereocenters. The van der Waals surface area contributed by atoms with E-state index in [1.165, 1.54) is 0 Å². The van der Waals surface area contributed by atoms with Crippen molar-refractivity contribution in [2.75, 3.05) is 24.4 Å². The summed E-state index contributed by atoms with van der Waals surface area (Å²) in [6, 6.07) is 0. The van der Waals surface area contributed by atoms with Gasteiger partial charge in [-0.1, -0.05) is 0 Å². The van der Waals surface area contributed by atoms with Crippen LogP contribution in [0.4, 0.5) is 5.69 Å². The van der Waals surface area contributed by atoms with Gasteiger partial charge < -0.3 is 10.1 Å². The summed E-state index contributed by atoms with van der Waals surface area (Å²) in [5.41, 5.74) is 2.02. The molecule has 1 amide bonds. The fraction of sp³-hybridized carbons (Fsp3) is 0.471. The Kier molecular flexibility index (Phi) is 8.86. The molecule has 0 heterocycles. The molecule has 0 saturated carbocycles. The highest BCUT2D eigenvalue weighted by atomic mass is 35.5. The Morgan fingerprint density at radius 3 is 1.88 bits per heavy atom. The van der Waals surface area contributed by atoms with Crippen molar-refractivity contribution in [3.63, 3.8) is 0 Å². The monoisotopic (exact) mass is 407 g/mol. The number of hydrogen-bond donors (Lipinski definition) is 1. The first kappa shape index (κ1) is 21.9. The van der Waals surface area contributed by atoms with Crippen LogP contribution in [0.2, 0.25) is 0 Å². The van der Waals surface area contributed by atoms with Gasteiger partial charge in [0.1, 0.15) is 6.61 Å². The number of carbonyl (C=O) groups is 3. The van der Waals surface area contributed by atoms with Crippen molar-refractivity contribution in [1.29, 1.82) is 0 Å². The van der Waals surface area contributed by atoms with Crippen molar-refractivity contribution in [3.05, 3.63) is 27.8 Å². The molecule has 0 fully saturated rings. The van der Waals surface area contributed by atoms with Gasteiger partial charge in [-0.05, 0) is 73.5 Å². The standard InChI is InChI=1S/C17H20Cl3NO4/c1-9-13(16(19)23)10(2)15(11(3)14(9)17(20)24)21-12(22)8-25-7-5-4-6-18/h4-8H2,1-3H3,(H,21,22). The number of ether oxygens (including phenoxy) is 1. The molecule has 0 spiro atoms. The molecule has 5 nitrogen and oxygen atoms in total. The van der Waals surface area contributed by atoms with E-state index in [4.69, 9.17) is 39.5 Å². The number of amides is 1. The maximum Gasteiger partial charge on any atom is 0.253 e. The Hall–Kier alpha value is -1.14. The van der Waals surface area contributed by atoms with Gasteiger partial charge in [-0.2, -0.15) is 0 Å². The summed E-state index contributed by atoms with van der Waals surface area (Å²) in [7, 11) is 0. The minimum absolute atomic E-state index is 0.149. The third-order valence-electron chi connectivity index (χ3n) is 3.81. The van der Waals surface area contributed by atoms with E-state index in [1.807, 2.05) is 0 Å². The lowest BCUT2D eigenvalue weighted by atomic mass is 9.92. The predicted octanol–water partition coefficient (Wildman–Crippen LogP) is 4.34. The van der Waals surface area contributed by atoms with Gasteiger partial charge in [0.05, 0.1) is 0 Å². The first-order chi connectivity index (χ1) is 11.7. The van der Waals surface area contributed by atoms with Crippen LogP contribution in [0.1, 0.15) is 50.2 Å². The van der Waals surface area contributed by atoms with Crippen molar-refractivity contribution in [1.82, 2.24) is 0 Å². The summed E-state index contributed by atoms with van der Waals surface area (Å²) in [6.45, 7) is 5.16. The Morgan fingerprint density at radius 2 is 1.44 bits per heavy atom. The first-order valence-electron chi connectivity index (χ1n) is 7.69. The van der Waals surface area contributed by atoms with Gasteiger partial charge in [-0.3, -0.25) is 14.4 Å². The van der Waals surface area contributed by atoms with Gasteiger partial charge in [0.2, 0.25) is 5.91 Å². The summed E-state index contributed by atoms with van der Waals surface area (Å²) in [4.78, 5) is 35.6. The van der Waals surface area contributed by atoms with Crippen LogP contribution in [0.3, 0.4) is 0 Å². The molecule has 0 aromatic heterocycles. The van der Waals surface area contributed by atoms with Gasteiger partial charge in [-0.25, -0.2) is 0 Å². The molecule has 0 aliphatic carbocycles. The van der Waals surface area contributed by atoms with Crippen LogP contribution in [0.5, 0.6) is 0 Å². The van der Waals surface area contributed by atoms with Crippen molar-refractivity contribution in [2.24, 2.45) is 0 Å². The van der Waals surface area contributed by atoms with Crippen molar-refractivity contribution >= 4 is 56.9 Å². The van der Waals surface area contributed by atoms with E-state index >= 15 is 0 Å². The molecule has 0 aliphatic heterocycles. The highest BCUT2D eigenvalue weighted by Crippen LogP contribution is 2.33. The Balaban J connectivity index is 3.08. The van der Waals surface area contributed by atoms with Crippen molar-refractivity contribution < 1.29 is 19.1 Å². The third kappa shape index (κ3) is 5.68. The van der Waals surface area contributed by atoms with Crippen LogP contribution in [-0.2, 0) is 9.53 Å². The topological polar surface area (TPSA) is 72.5 Å². The second-order valence-corrected chi connectivity index (χ2v) is 6.61. The minimum Gasteiger partial charge on any atom is -0.372 e. The Labute approximate surface area is 162 Å². The molecule has 0 atom stereocenters. The lowest BCUT2D eigenvalue weighted by Gasteiger charge is -2.19. The van der Waals surface area contributed by atoms with Crippen LogP contribution in [0.15, 0.2) is 0 Å². The zero-order valence-electron chi connectivity index (χ0n) is 14.3. The van der Waals surface area contributed by atoms with Crippen LogP contribution in [-0.4, -0.2) is 35.5 Å². The van der Waals surface area contributed by atoms with Gasteiger partial charge in [0.15, 0.2) is 0 Å². The summed E-state index contributed by atoms with van der Waals surface area (Å²) >= 11 is 16.9. The SMILES string of the molecule is Cc1c(NC(=O)COCCCCCl)c(C)c(C(=O)Cl)c(C)c1C(=O)Cl. The molecule has 25 heavy (non-hydrogen) atoms. The molecule has 0 saturated heterocycles. The average molecular weight is 409 g/mol. The molecule has 0 radical (unpaired) electrons. The third-order valence-corrected chi connectivity index (χ3v) is 4.46. The van der Waals surface area contributed by atoms with E-state index in [-0.39, 0.29) is 17.7 Å². The molecule has 0 aliphatic rings. The average Bonchev–Trinajstić information content (AvgIpc) is 2.50. The number of carbonyl (C=O) groups excluding carboxylic acids is 3. The smallest absolute Gasteiger partial charge is 0.253 e. The zero-order valence-corrected chi connectivity index (χ0v) is 16.6. The van der Waals surface area contributed by atoms with Gasteiger partial charge >= 0.3 is 0 Å². The largest absolute Gasteiger partial charge is 0.372 e. The van der Waals surface area contributed by atoms with Crippen molar-refractivity contribution in [2.45, 2.75) is 33.6 Å². The van der Waals surface area contributed by atoms with E-state index < -0.39 is 16.4 Å². The molecule has 1 N–H and O–H groups in total. The number of rotatable bonds is 9. The van der Waals surface area contributed by atoms with Crippen molar-refractivity contribution in [3.8, 4) is 0 Å². The van der Waals surface area contributed by atoms with Gasteiger partial charge in [-0.15, -0.1) is 11.6 Å². The number of anilines is 1. The first-order valence-corrected chi connectivity index (χ1v) is 8.98. The summed E-state index contributed by atoms with van der Waals surface area (Å²) < 4.78 is 5.27. The number of benzene rings is 1. The van der Waals surface area contributed by atoms with Crippen LogP contribution in [0, 0.1) is 20.8 Å². The zero-order chi connectivity index (χ0) is 19.1. The van der Waals surface area contributed by atoms with Gasteiger partial charge in [0, 0.05) is 29.3 Å².